The molecule has 0 bridgehead atoms. The fraction of sp³-hybridized carbons (Fsp3) is 0.308. The van der Waals surface area contributed by atoms with Crippen LogP contribution in [0.3, 0.4) is 0 Å². The van der Waals surface area contributed by atoms with E-state index in [9.17, 15) is 13.2 Å². The van der Waals surface area contributed by atoms with Gasteiger partial charge in [0.1, 0.15) is 5.76 Å². The minimum atomic E-state index is -3.60. The van der Waals surface area contributed by atoms with E-state index < -0.39 is 10.0 Å². The van der Waals surface area contributed by atoms with Gasteiger partial charge in [0, 0.05) is 23.7 Å². The van der Waals surface area contributed by atoms with Crippen molar-refractivity contribution in [2.45, 2.75) is 38.1 Å². The first-order chi connectivity index (χ1) is 17.2. The molecule has 0 aliphatic carbocycles. The van der Waals surface area contributed by atoms with Crippen molar-refractivity contribution in [3.05, 3.63) is 76.7 Å². The van der Waals surface area contributed by atoms with Gasteiger partial charge >= 0.3 is 0 Å². The molecule has 10 heteroatoms. The second kappa shape index (κ2) is 9.97. The van der Waals surface area contributed by atoms with Gasteiger partial charge < -0.3 is 4.42 Å². The van der Waals surface area contributed by atoms with Crippen molar-refractivity contribution in [2.24, 2.45) is 5.92 Å². The molecule has 0 radical (unpaired) electrons. The Bertz CT molecular complexity index is 1490. The number of nitrogens with zero attached hydrogens (tertiary/aromatic N) is 3. The molecule has 7 nitrogen and oxygen atoms in total. The Kier molecular flexibility index (Phi) is 6.91. The predicted molar refractivity (Wildman–Crippen MR) is 142 cm³/mol. The number of piperidine rings is 1. The highest BCUT2D eigenvalue weighted by atomic mass is 35.5. The number of halogens is 1. The first kappa shape index (κ1) is 25.0. The molecule has 36 heavy (non-hydrogen) atoms. The average molecular weight is 544 g/mol. The van der Waals surface area contributed by atoms with Crippen LogP contribution in [-0.4, -0.2) is 36.7 Å². The maximum atomic E-state index is 13.7. The normalized spacial score (nSPS) is 15.4. The van der Waals surface area contributed by atoms with Gasteiger partial charge in [0.2, 0.25) is 10.0 Å². The number of amides is 1. The zero-order chi connectivity index (χ0) is 25.4. The number of fused-ring (bicyclic) bond motifs is 1. The number of aryl methyl sites for hydroxylation is 1. The number of carbonyl (C=O) groups is 1. The molecule has 2 aromatic heterocycles. The van der Waals surface area contributed by atoms with E-state index in [4.69, 9.17) is 21.0 Å². The van der Waals surface area contributed by atoms with Crippen LogP contribution in [0.1, 0.15) is 41.4 Å². The quantitative estimate of drug-likeness (QED) is 0.292. The third-order valence-electron chi connectivity index (χ3n) is 6.49. The number of benzene rings is 2. The summed E-state index contributed by atoms with van der Waals surface area (Å²) in [5.74, 6) is 0.833. The Morgan fingerprint density at radius 2 is 1.92 bits per heavy atom. The monoisotopic (exact) mass is 543 g/mol. The minimum absolute atomic E-state index is 0.185. The lowest BCUT2D eigenvalue weighted by Crippen LogP contribution is -2.37. The number of hydrogen-bond donors (Lipinski definition) is 0. The van der Waals surface area contributed by atoms with Crippen LogP contribution in [0, 0.1) is 12.8 Å². The topological polar surface area (TPSA) is 83.7 Å². The fourth-order valence-corrected chi connectivity index (χ4v) is 7.23. The van der Waals surface area contributed by atoms with Gasteiger partial charge in [0.25, 0.3) is 5.91 Å². The van der Waals surface area contributed by atoms with Gasteiger partial charge in [-0.25, -0.2) is 13.4 Å². The predicted octanol–water partition coefficient (Wildman–Crippen LogP) is 6.12. The summed E-state index contributed by atoms with van der Waals surface area (Å²) in [6, 6.07) is 13.4. The number of aromatic nitrogens is 1. The van der Waals surface area contributed by atoms with Crippen molar-refractivity contribution in [3.63, 3.8) is 0 Å². The zero-order valence-corrected chi connectivity index (χ0v) is 22.4. The number of rotatable bonds is 6. The van der Waals surface area contributed by atoms with Gasteiger partial charge in [-0.05, 0) is 79.8 Å². The molecule has 1 fully saturated rings. The van der Waals surface area contributed by atoms with E-state index in [-0.39, 0.29) is 17.3 Å². The fourth-order valence-electron chi connectivity index (χ4n) is 4.34. The minimum Gasteiger partial charge on any atom is -0.467 e. The highest BCUT2D eigenvalue weighted by Crippen LogP contribution is 2.34. The molecule has 0 N–H and O–H groups in total. The first-order valence-corrected chi connectivity index (χ1v) is 14.4. The molecule has 0 unspecified atom stereocenters. The number of hydrogen-bond acceptors (Lipinski definition) is 6. The van der Waals surface area contributed by atoms with E-state index in [1.807, 2.05) is 19.1 Å². The van der Waals surface area contributed by atoms with Crippen LogP contribution < -0.4 is 4.90 Å². The van der Waals surface area contributed by atoms with Crippen molar-refractivity contribution >= 4 is 54.2 Å². The zero-order valence-electron chi connectivity index (χ0n) is 20.0. The summed E-state index contributed by atoms with van der Waals surface area (Å²) in [6.45, 7) is 5.29. The maximum absolute atomic E-state index is 13.7. The molecular weight excluding hydrogens is 518 g/mol. The summed E-state index contributed by atoms with van der Waals surface area (Å²) in [6.07, 6.45) is 3.26. The summed E-state index contributed by atoms with van der Waals surface area (Å²) in [5.41, 5.74) is 2.07. The number of sulfonamides is 1. The van der Waals surface area contributed by atoms with Crippen molar-refractivity contribution in [2.75, 3.05) is 18.0 Å². The maximum Gasteiger partial charge on any atom is 0.260 e. The van der Waals surface area contributed by atoms with Crippen molar-refractivity contribution < 1.29 is 17.6 Å². The number of furan rings is 1. The van der Waals surface area contributed by atoms with Crippen LogP contribution in [0.5, 0.6) is 0 Å². The third-order valence-corrected chi connectivity index (χ3v) is 9.65. The van der Waals surface area contributed by atoms with Gasteiger partial charge in [-0.2, -0.15) is 4.31 Å². The van der Waals surface area contributed by atoms with Gasteiger partial charge in [-0.15, -0.1) is 0 Å². The lowest BCUT2D eigenvalue weighted by atomic mass is 10.0. The van der Waals surface area contributed by atoms with Crippen LogP contribution in [0.4, 0.5) is 5.13 Å². The summed E-state index contributed by atoms with van der Waals surface area (Å²) >= 11 is 7.60. The van der Waals surface area contributed by atoms with E-state index in [1.54, 1.807) is 35.4 Å². The highest BCUT2D eigenvalue weighted by Gasteiger charge is 2.29. The third kappa shape index (κ3) is 4.93. The Labute approximate surface area is 219 Å². The molecule has 2 aromatic carbocycles. The number of thiazole rings is 1. The average Bonchev–Trinajstić information content (AvgIpc) is 3.52. The largest absolute Gasteiger partial charge is 0.467 e. The smallest absolute Gasteiger partial charge is 0.260 e. The van der Waals surface area contributed by atoms with Crippen molar-refractivity contribution in [1.82, 2.24) is 9.29 Å². The lowest BCUT2D eigenvalue weighted by Gasteiger charge is -2.29. The van der Waals surface area contributed by atoms with Gasteiger partial charge in [0.15, 0.2) is 5.13 Å². The Hall–Kier alpha value is -2.72. The molecule has 0 spiro atoms. The molecule has 5 rings (SSSR count). The standard InChI is InChI=1S/C26H26ClN3O4S2/c1-17-9-11-29(12-10-17)36(32,33)22-7-5-19(6-8-22)25(31)30(16-21-4-3-13-34-21)26-28-24-18(2)14-20(27)15-23(24)35-26/h3-8,13-15,17H,9-12,16H2,1-2H3. The van der Waals surface area contributed by atoms with Crippen LogP contribution in [0.2, 0.25) is 5.02 Å². The van der Waals surface area contributed by atoms with E-state index in [2.05, 4.69) is 6.92 Å². The summed E-state index contributed by atoms with van der Waals surface area (Å²) in [7, 11) is -3.60. The Morgan fingerprint density at radius 1 is 1.19 bits per heavy atom. The van der Waals surface area contributed by atoms with Crippen LogP contribution >= 0.6 is 22.9 Å². The molecule has 4 aromatic rings. The molecule has 188 valence electrons. The SMILES string of the molecule is Cc1cc(Cl)cc2sc(N(Cc3ccco3)C(=O)c3ccc(S(=O)(=O)N4CCC(C)CC4)cc3)nc12. The van der Waals surface area contributed by atoms with E-state index in [1.165, 1.54) is 27.8 Å². The molecular formula is C26H26ClN3O4S2. The number of anilines is 1. The second-order valence-corrected chi connectivity index (χ2v) is 12.5. The van der Waals surface area contributed by atoms with Gasteiger partial charge in [0.05, 0.1) is 27.9 Å². The molecule has 1 amide bonds. The Balaban J connectivity index is 1.46. The Morgan fingerprint density at radius 3 is 2.58 bits per heavy atom. The summed E-state index contributed by atoms with van der Waals surface area (Å²) < 4.78 is 34.1. The van der Waals surface area contributed by atoms with Gasteiger partial charge in [-0.3, -0.25) is 9.69 Å². The lowest BCUT2D eigenvalue weighted by molar-refractivity contribution is 0.0983. The molecule has 0 atom stereocenters. The molecule has 0 saturated carbocycles. The molecule has 3 heterocycles. The first-order valence-electron chi connectivity index (χ1n) is 11.7. The summed E-state index contributed by atoms with van der Waals surface area (Å²) in [4.78, 5) is 20.1. The van der Waals surface area contributed by atoms with E-state index in [0.29, 0.717) is 40.5 Å². The van der Waals surface area contributed by atoms with Crippen LogP contribution in [0.15, 0.2) is 64.1 Å². The van der Waals surface area contributed by atoms with Crippen molar-refractivity contribution in [3.8, 4) is 0 Å². The van der Waals surface area contributed by atoms with Crippen molar-refractivity contribution in [1.29, 1.82) is 0 Å². The highest BCUT2D eigenvalue weighted by molar-refractivity contribution is 7.89. The van der Waals surface area contributed by atoms with Crippen LogP contribution in [0.25, 0.3) is 10.2 Å². The molecule has 1 saturated heterocycles. The van der Waals surface area contributed by atoms with Crippen LogP contribution in [-0.2, 0) is 16.6 Å². The second-order valence-electron chi connectivity index (χ2n) is 9.15. The van der Waals surface area contributed by atoms with Gasteiger partial charge in [-0.1, -0.05) is 29.9 Å². The van der Waals surface area contributed by atoms with E-state index in [0.717, 1.165) is 28.6 Å². The van der Waals surface area contributed by atoms with E-state index >= 15 is 0 Å². The molecule has 1 aliphatic heterocycles. The molecule has 1 aliphatic rings. The number of carbonyl (C=O) groups excluding carboxylic acids is 1. The summed E-state index contributed by atoms with van der Waals surface area (Å²) in [5, 5.41) is 1.12.